The van der Waals surface area contributed by atoms with Gasteiger partial charge >= 0.3 is 0 Å². The van der Waals surface area contributed by atoms with E-state index in [4.69, 9.17) is 0 Å². The molecule has 1 aromatic carbocycles. The molecule has 0 spiro atoms. The third-order valence-corrected chi connectivity index (χ3v) is 2.60. The van der Waals surface area contributed by atoms with Gasteiger partial charge in [0.2, 0.25) is 5.91 Å². The highest BCUT2D eigenvalue weighted by Crippen LogP contribution is 2.24. The van der Waals surface area contributed by atoms with E-state index in [1.54, 1.807) is 6.07 Å². The van der Waals surface area contributed by atoms with E-state index in [-0.39, 0.29) is 24.2 Å². The first-order chi connectivity index (χ1) is 8.04. The summed E-state index contributed by atoms with van der Waals surface area (Å²) in [5.41, 5.74) is 1.82. The highest BCUT2D eigenvalue weighted by atomic mass is 16.3. The Morgan fingerprint density at radius 2 is 2.18 bits per heavy atom. The van der Waals surface area contributed by atoms with Crippen molar-refractivity contribution in [1.29, 1.82) is 0 Å². The van der Waals surface area contributed by atoms with Crippen LogP contribution in [-0.4, -0.2) is 24.1 Å². The molecule has 0 aliphatic heterocycles. The van der Waals surface area contributed by atoms with Gasteiger partial charge in [-0.2, -0.15) is 0 Å². The number of rotatable bonds is 5. The Morgan fingerprint density at radius 1 is 1.47 bits per heavy atom. The fourth-order valence-corrected chi connectivity index (χ4v) is 1.64. The predicted molar refractivity (Wildman–Crippen MR) is 67.9 cm³/mol. The zero-order valence-electron chi connectivity index (χ0n) is 10.6. The molecule has 1 aromatic rings. The minimum absolute atomic E-state index is 0.0362. The summed E-state index contributed by atoms with van der Waals surface area (Å²) >= 11 is 0. The van der Waals surface area contributed by atoms with E-state index in [0.717, 1.165) is 11.1 Å². The molecule has 0 saturated carbocycles. The van der Waals surface area contributed by atoms with Gasteiger partial charge < -0.3 is 15.7 Å². The molecular weight excluding hydrogens is 216 g/mol. The molecule has 3 N–H and O–H groups in total. The van der Waals surface area contributed by atoms with E-state index in [1.807, 2.05) is 32.9 Å². The number of amides is 1. The Morgan fingerprint density at radius 3 is 2.76 bits per heavy atom. The van der Waals surface area contributed by atoms with E-state index in [1.165, 1.54) is 0 Å². The third-order valence-electron chi connectivity index (χ3n) is 2.60. The molecule has 4 heteroatoms. The maximum atomic E-state index is 11.3. The Labute approximate surface area is 102 Å². The SMILES string of the molecule is CCNC(=O)CNC(C)c1ccc(C)cc1O. The smallest absolute Gasteiger partial charge is 0.233 e. The number of carbonyl (C=O) groups is 1. The number of phenols is 1. The van der Waals surface area contributed by atoms with E-state index < -0.39 is 0 Å². The van der Waals surface area contributed by atoms with Crippen molar-refractivity contribution in [3.05, 3.63) is 29.3 Å². The maximum Gasteiger partial charge on any atom is 0.233 e. The summed E-state index contributed by atoms with van der Waals surface area (Å²) in [7, 11) is 0. The lowest BCUT2D eigenvalue weighted by Crippen LogP contribution is -2.34. The van der Waals surface area contributed by atoms with Crippen molar-refractivity contribution < 1.29 is 9.90 Å². The highest BCUT2D eigenvalue weighted by molar-refractivity contribution is 5.77. The minimum Gasteiger partial charge on any atom is -0.508 e. The average molecular weight is 236 g/mol. The van der Waals surface area contributed by atoms with Crippen LogP contribution in [0.1, 0.15) is 31.0 Å². The van der Waals surface area contributed by atoms with Crippen LogP contribution in [0, 0.1) is 6.92 Å². The van der Waals surface area contributed by atoms with E-state index in [0.29, 0.717) is 6.54 Å². The topological polar surface area (TPSA) is 61.4 Å². The van der Waals surface area contributed by atoms with Gasteiger partial charge in [-0.3, -0.25) is 4.79 Å². The summed E-state index contributed by atoms with van der Waals surface area (Å²) < 4.78 is 0. The monoisotopic (exact) mass is 236 g/mol. The van der Waals surface area contributed by atoms with Crippen LogP contribution in [0.3, 0.4) is 0 Å². The summed E-state index contributed by atoms with van der Waals surface area (Å²) in [6, 6.07) is 5.48. The molecule has 17 heavy (non-hydrogen) atoms. The summed E-state index contributed by atoms with van der Waals surface area (Å²) in [4.78, 5) is 11.3. The van der Waals surface area contributed by atoms with Crippen molar-refractivity contribution in [2.45, 2.75) is 26.8 Å². The number of phenolic OH excluding ortho intramolecular Hbond substituents is 1. The molecule has 1 unspecified atom stereocenters. The molecule has 0 fully saturated rings. The lowest BCUT2D eigenvalue weighted by atomic mass is 10.1. The van der Waals surface area contributed by atoms with Crippen molar-refractivity contribution in [3.63, 3.8) is 0 Å². The van der Waals surface area contributed by atoms with Crippen molar-refractivity contribution in [2.75, 3.05) is 13.1 Å². The second-order valence-electron chi connectivity index (χ2n) is 4.12. The zero-order valence-corrected chi connectivity index (χ0v) is 10.6. The van der Waals surface area contributed by atoms with Crippen LogP contribution in [0.5, 0.6) is 5.75 Å². The second-order valence-corrected chi connectivity index (χ2v) is 4.12. The summed E-state index contributed by atoms with van der Waals surface area (Å²) in [5, 5.41) is 15.6. The predicted octanol–water partition coefficient (Wildman–Crippen LogP) is 1.49. The Hall–Kier alpha value is -1.55. The van der Waals surface area contributed by atoms with Gasteiger partial charge in [0.25, 0.3) is 0 Å². The zero-order chi connectivity index (χ0) is 12.8. The molecule has 0 bridgehead atoms. The normalized spacial score (nSPS) is 12.2. The second kappa shape index (κ2) is 6.25. The molecule has 0 radical (unpaired) electrons. The lowest BCUT2D eigenvalue weighted by Gasteiger charge is -2.15. The van der Waals surface area contributed by atoms with Gasteiger partial charge in [0, 0.05) is 18.2 Å². The number of hydrogen-bond donors (Lipinski definition) is 3. The van der Waals surface area contributed by atoms with Crippen LogP contribution < -0.4 is 10.6 Å². The number of benzene rings is 1. The first-order valence-corrected chi connectivity index (χ1v) is 5.84. The molecule has 0 aliphatic carbocycles. The van der Waals surface area contributed by atoms with Crippen LogP contribution in [-0.2, 0) is 4.79 Å². The molecule has 1 rings (SSSR count). The van der Waals surface area contributed by atoms with Crippen molar-refractivity contribution in [3.8, 4) is 5.75 Å². The third kappa shape index (κ3) is 4.07. The van der Waals surface area contributed by atoms with Crippen molar-refractivity contribution in [2.24, 2.45) is 0 Å². The number of aromatic hydroxyl groups is 1. The minimum atomic E-state index is -0.0572. The number of nitrogens with one attached hydrogen (secondary N) is 2. The van der Waals surface area contributed by atoms with Crippen LogP contribution in [0.15, 0.2) is 18.2 Å². The fourth-order valence-electron chi connectivity index (χ4n) is 1.64. The maximum absolute atomic E-state index is 11.3. The largest absolute Gasteiger partial charge is 0.508 e. The Kier molecular flexibility index (Phi) is 4.97. The molecule has 0 aromatic heterocycles. The van der Waals surface area contributed by atoms with E-state index in [9.17, 15) is 9.90 Å². The van der Waals surface area contributed by atoms with Gasteiger partial charge in [0.05, 0.1) is 6.54 Å². The standard InChI is InChI=1S/C13H20N2O2/c1-4-14-13(17)8-15-10(3)11-6-5-9(2)7-12(11)16/h5-7,10,15-16H,4,8H2,1-3H3,(H,14,17). The first-order valence-electron chi connectivity index (χ1n) is 5.84. The molecule has 0 heterocycles. The van der Waals surface area contributed by atoms with Crippen LogP contribution in [0.4, 0.5) is 0 Å². The quantitative estimate of drug-likeness (QED) is 0.726. The van der Waals surface area contributed by atoms with E-state index in [2.05, 4.69) is 10.6 Å². The number of aryl methyl sites for hydroxylation is 1. The Bertz CT molecular complexity index is 391. The highest BCUT2D eigenvalue weighted by Gasteiger charge is 2.11. The number of likely N-dealkylation sites (N-methyl/N-ethyl adjacent to an activating group) is 1. The Balaban J connectivity index is 2.57. The number of hydrogen-bond acceptors (Lipinski definition) is 3. The van der Waals surface area contributed by atoms with Gasteiger partial charge in [0.15, 0.2) is 0 Å². The van der Waals surface area contributed by atoms with Crippen molar-refractivity contribution in [1.82, 2.24) is 10.6 Å². The summed E-state index contributed by atoms with van der Waals surface area (Å²) in [6.45, 7) is 6.61. The summed E-state index contributed by atoms with van der Waals surface area (Å²) in [5.74, 6) is 0.229. The number of carbonyl (C=O) groups excluding carboxylic acids is 1. The molecular formula is C13H20N2O2. The average Bonchev–Trinajstić information content (AvgIpc) is 2.26. The molecule has 1 atom stereocenters. The lowest BCUT2D eigenvalue weighted by molar-refractivity contribution is -0.120. The van der Waals surface area contributed by atoms with Crippen LogP contribution >= 0.6 is 0 Å². The van der Waals surface area contributed by atoms with Gasteiger partial charge in [-0.25, -0.2) is 0 Å². The van der Waals surface area contributed by atoms with Crippen LogP contribution in [0.25, 0.3) is 0 Å². The van der Waals surface area contributed by atoms with Crippen LogP contribution in [0.2, 0.25) is 0 Å². The van der Waals surface area contributed by atoms with Gasteiger partial charge in [0.1, 0.15) is 5.75 Å². The van der Waals surface area contributed by atoms with Gasteiger partial charge in [-0.1, -0.05) is 12.1 Å². The van der Waals surface area contributed by atoms with E-state index >= 15 is 0 Å². The molecule has 0 aliphatic rings. The molecule has 1 amide bonds. The van der Waals surface area contributed by atoms with Gasteiger partial charge in [-0.15, -0.1) is 0 Å². The molecule has 4 nitrogen and oxygen atoms in total. The summed E-state index contributed by atoms with van der Waals surface area (Å²) in [6.07, 6.45) is 0. The van der Waals surface area contributed by atoms with Crippen molar-refractivity contribution >= 4 is 5.91 Å². The first kappa shape index (κ1) is 13.5. The fraction of sp³-hybridized carbons (Fsp3) is 0.462. The van der Waals surface area contributed by atoms with Gasteiger partial charge in [-0.05, 0) is 32.4 Å². The molecule has 0 saturated heterocycles. The molecule has 94 valence electrons.